The molecule has 1 aromatic rings. The Kier molecular flexibility index (Phi) is 5.58. The molecule has 94 valence electrons. The number of carbonyl (C=O) groups is 2. The number of hydrogen-bond donors (Lipinski definition) is 1. The Hall–Kier alpha value is -1.47. The maximum atomic E-state index is 11.3. The van der Waals surface area contributed by atoms with Gasteiger partial charge in [0.15, 0.2) is 5.13 Å². The lowest BCUT2D eigenvalue weighted by Gasteiger charge is -2.00. The van der Waals surface area contributed by atoms with E-state index in [1.807, 2.05) is 0 Å². The van der Waals surface area contributed by atoms with Gasteiger partial charge in [0, 0.05) is 12.5 Å². The minimum atomic E-state index is -0.354. The fourth-order valence-electron chi connectivity index (χ4n) is 1.04. The van der Waals surface area contributed by atoms with Crippen LogP contribution in [-0.2, 0) is 25.5 Å². The van der Waals surface area contributed by atoms with Crippen LogP contribution in [0.15, 0.2) is 5.38 Å². The zero-order chi connectivity index (χ0) is 12.7. The van der Waals surface area contributed by atoms with E-state index in [2.05, 4.69) is 15.0 Å². The Morgan fingerprint density at radius 2 is 2.24 bits per heavy atom. The van der Waals surface area contributed by atoms with Gasteiger partial charge in [-0.25, -0.2) is 4.98 Å². The lowest BCUT2D eigenvalue weighted by Crippen LogP contribution is -2.13. The molecule has 0 saturated heterocycles. The molecule has 1 rings (SSSR count). The first-order chi connectivity index (χ1) is 8.15. The Labute approximate surface area is 103 Å². The zero-order valence-electron chi connectivity index (χ0n) is 9.69. The molecule has 0 atom stereocenters. The number of aromatic nitrogens is 1. The highest BCUT2D eigenvalue weighted by molar-refractivity contribution is 7.13. The van der Waals surface area contributed by atoms with Gasteiger partial charge >= 0.3 is 5.97 Å². The van der Waals surface area contributed by atoms with Crippen LogP contribution < -0.4 is 5.32 Å². The van der Waals surface area contributed by atoms with E-state index >= 15 is 0 Å². The van der Waals surface area contributed by atoms with Crippen molar-refractivity contribution in [2.24, 2.45) is 0 Å². The summed E-state index contributed by atoms with van der Waals surface area (Å²) in [5, 5.41) is 4.81. The van der Waals surface area contributed by atoms with Crippen molar-refractivity contribution in [1.82, 2.24) is 4.98 Å². The highest BCUT2D eigenvalue weighted by Crippen LogP contribution is 2.16. The number of methoxy groups -OCH3 is 2. The highest BCUT2D eigenvalue weighted by Gasteiger charge is 2.09. The maximum Gasteiger partial charge on any atom is 0.311 e. The number of carbonyl (C=O) groups excluding carboxylic acids is 2. The van der Waals surface area contributed by atoms with E-state index in [1.54, 1.807) is 5.38 Å². The summed E-state index contributed by atoms with van der Waals surface area (Å²) >= 11 is 1.27. The third kappa shape index (κ3) is 4.92. The van der Waals surface area contributed by atoms with Crippen molar-refractivity contribution < 1.29 is 19.1 Å². The van der Waals surface area contributed by atoms with Gasteiger partial charge < -0.3 is 14.8 Å². The molecule has 0 saturated carbocycles. The first-order valence-electron chi connectivity index (χ1n) is 4.95. The first-order valence-corrected chi connectivity index (χ1v) is 5.83. The Balaban J connectivity index is 2.45. The predicted molar refractivity (Wildman–Crippen MR) is 63.0 cm³/mol. The van der Waals surface area contributed by atoms with Crippen molar-refractivity contribution in [1.29, 1.82) is 0 Å². The van der Waals surface area contributed by atoms with Crippen molar-refractivity contribution >= 4 is 28.3 Å². The summed E-state index contributed by atoms with van der Waals surface area (Å²) in [5.41, 5.74) is 0.587. The van der Waals surface area contributed by atoms with E-state index in [4.69, 9.17) is 4.74 Å². The van der Waals surface area contributed by atoms with Crippen molar-refractivity contribution in [2.45, 2.75) is 12.8 Å². The smallest absolute Gasteiger partial charge is 0.311 e. The van der Waals surface area contributed by atoms with Crippen molar-refractivity contribution in [3.05, 3.63) is 11.1 Å². The van der Waals surface area contributed by atoms with Crippen molar-refractivity contribution in [3.8, 4) is 0 Å². The van der Waals surface area contributed by atoms with Gasteiger partial charge in [0.2, 0.25) is 5.91 Å². The highest BCUT2D eigenvalue weighted by atomic mass is 32.1. The van der Waals surface area contributed by atoms with Gasteiger partial charge in [0.25, 0.3) is 0 Å². The summed E-state index contributed by atoms with van der Waals surface area (Å²) in [7, 11) is 2.85. The molecular weight excluding hydrogens is 244 g/mol. The molecule has 0 fully saturated rings. The molecule has 0 spiro atoms. The molecule has 0 radical (unpaired) electrons. The Bertz CT molecular complexity index is 391. The number of esters is 1. The van der Waals surface area contributed by atoms with Crippen LogP contribution in [0.5, 0.6) is 0 Å². The normalized spacial score (nSPS) is 10.0. The van der Waals surface area contributed by atoms with Crippen LogP contribution >= 0.6 is 11.3 Å². The van der Waals surface area contributed by atoms with E-state index in [0.717, 1.165) is 0 Å². The van der Waals surface area contributed by atoms with Crippen LogP contribution in [0.2, 0.25) is 0 Å². The van der Waals surface area contributed by atoms with E-state index in [9.17, 15) is 9.59 Å². The van der Waals surface area contributed by atoms with Gasteiger partial charge in [-0.2, -0.15) is 0 Å². The summed E-state index contributed by atoms with van der Waals surface area (Å²) in [5.74, 6) is -0.515. The molecule has 17 heavy (non-hydrogen) atoms. The van der Waals surface area contributed by atoms with Gasteiger partial charge in [-0.05, 0) is 0 Å². The quantitative estimate of drug-likeness (QED) is 0.765. The average molecular weight is 258 g/mol. The van der Waals surface area contributed by atoms with Gasteiger partial charge in [0.05, 0.1) is 32.3 Å². The number of nitrogens with zero attached hydrogens (tertiary/aromatic N) is 1. The van der Waals surface area contributed by atoms with Crippen LogP contribution in [0, 0.1) is 0 Å². The standard InChI is InChI=1S/C10H14N2O4S/c1-15-4-3-8(13)12-10-11-7(6-17-10)5-9(14)16-2/h6H,3-5H2,1-2H3,(H,11,12,13). The summed E-state index contributed by atoms with van der Waals surface area (Å²) < 4.78 is 9.30. The number of thiazole rings is 1. The van der Waals surface area contributed by atoms with Crippen LogP contribution in [0.1, 0.15) is 12.1 Å². The molecular formula is C10H14N2O4S. The summed E-state index contributed by atoms with van der Waals surface area (Å²) in [6.45, 7) is 0.367. The molecule has 7 heteroatoms. The minimum Gasteiger partial charge on any atom is -0.469 e. The third-order valence-corrected chi connectivity index (χ3v) is 2.69. The van der Waals surface area contributed by atoms with E-state index in [1.165, 1.54) is 25.6 Å². The second-order valence-corrected chi connectivity index (χ2v) is 4.05. The Morgan fingerprint density at radius 1 is 1.47 bits per heavy atom. The molecule has 1 amide bonds. The van der Waals surface area contributed by atoms with Gasteiger partial charge in [-0.15, -0.1) is 11.3 Å². The molecule has 0 aliphatic carbocycles. The van der Waals surface area contributed by atoms with E-state index in [0.29, 0.717) is 17.4 Å². The molecule has 0 aliphatic rings. The topological polar surface area (TPSA) is 77.5 Å². The number of anilines is 1. The van der Waals surface area contributed by atoms with Crippen molar-refractivity contribution in [2.75, 3.05) is 26.1 Å². The Morgan fingerprint density at radius 3 is 2.88 bits per heavy atom. The van der Waals surface area contributed by atoms with E-state index < -0.39 is 0 Å². The number of amides is 1. The van der Waals surface area contributed by atoms with Crippen molar-refractivity contribution in [3.63, 3.8) is 0 Å². The van der Waals surface area contributed by atoms with Crippen LogP contribution in [0.25, 0.3) is 0 Å². The van der Waals surface area contributed by atoms with Gasteiger partial charge in [0.1, 0.15) is 0 Å². The number of hydrogen-bond acceptors (Lipinski definition) is 6. The molecule has 1 heterocycles. The zero-order valence-corrected chi connectivity index (χ0v) is 10.5. The fraction of sp³-hybridized carbons (Fsp3) is 0.500. The molecule has 0 bridgehead atoms. The van der Waals surface area contributed by atoms with Crippen LogP contribution in [-0.4, -0.2) is 37.7 Å². The average Bonchev–Trinajstić information content (AvgIpc) is 2.73. The molecule has 0 aromatic carbocycles. The second-order valence-electron chi connectivity index (χ2n) is 3.19. The van der Waals surface area contributed by atoms with Crippen LogP contribution in [0.3, 0.4) is 0 Å². The number of nitrogens with one attached hydrogen (secondary N) is 1. The summed E-state index contributed by atoms with van der Waals surface area (Å²) in [6.07, 6.45) is 0.392. The minimum absolute atomic E-state index is 0.112. The first kappa shape index (κ1) is 13.6. The maximum absolute atomic E-state index is 11.3. The second kappa shape index (κ2) is 6.97. The number of rotatable bonds is 6. The third-order valence-electron chi connectivity index (χ3n) is 1.88. The van der Waals surface area contributed by atoms with Crippen LogP contribution in [0.4, 0.5) is 5.13 Å². The molecule has 1 N–H and O–H groups in total. The fourth-order valence-corrected chi connectivity index (χ4v) is 1.77. The lowest BCUT2D eigenvalue weighted by atomic mass is 10.3. The van der Waals surface area contributed by atoms with E-state index in [-0.39, 0.29) is 24.7 Å². The SMILES string of the molecule is COCCC(=O)Nc1nc(CC(=O)OC)cs1. The largest absolute Gasteiger partial charge is 0.469 e. The van der Waals surface area contributed by atoms with Gasteiger partial charge in [-0.3, -0.25) is 9.59 Å². The molecule has 0 unspecified atom stereocenters. The predicted octanol–water partition coefficient (Wildman–Crippen LogP) is 0.834. The molecule has 1 aromatic heterocycles. The monoisotopic (exact) mass is 258 g/mol. The number of ether oxygens (including phenoxy) is 2. The van der Waals surface area contributed by atoms with Gasteiger partial charge in [-0.1, -0.05) is 0 Å². The molecule has 0 aliphatic heterocycles. The summed E-state index contributed by atoms with van der Waals surface area (Å²) in [6, 6.07) is 0. The summed E-state index contributed by atoms with van der Waals surface area (Å²) in [4.78, 5) is 26.4. The molecule has 6 nitrogen and oxygen atoms in total. The lowest BCUT2D eigenvalue weighted by molar-refractivity contribution is -0.139.